The van der Waals surface area contributed by atoms with Crippen LogP contribution in [0, 0.1) is 5.92 Å². The minimum atomic E-state index is -0.767. The lowest BCUT2D eigenvalue weighted by molar-refractivity contribution is -0.129. The molecule has 0 aromatic heterocycles. The van der Waals surface area contributed by atoms with Crippen molar-refractivity contribution >= 4 is 12.3 Å². The Morgan fingerprint density at radius 2 is 2.12 bits per heavy atom. The fourth-order valence-electron chi connectivity index (χ4n) is 3.83. The molecule has 2 fully saturated rings. The number of nitrogens with zero attached hydrogens (tertiary/aromatic N) is 1. The minimum Gasteiger partial charge on any atom is -0.386 e. The van der Waals surface area contributed by atoms with Crippen molar-refractivity contribution in [1.29, 1.82) is 0 Å². The summed E-state index contributed by atoms with van der Waals surface area (Å²) in [5, 5.41) is 13.2. The number of hydrogen-bond donors (Lipinski definition) is 2. The van der Waals surface area contributed by atoms with E-state index in [2.05, 4.69) is 5.32 Å². The highest BCUT2D eigenvalue weighted by atomic mass is 16.5. The normalized spacial score (nSPS) is 29.2. The molecule has 6 nitrogen and oxygen atoms in total. The van der Waals surface area contributed by atoms with Gasteiger partial charge in [0.05, 0.1) is 30.7 Å². The van der Waals surface area contributed by atoms with E-state index in [1.54, 1.807) is 14.0 Å². The number of carbonyl (C=O) groups is 2. The van der Waals surface area contributed by atoms with Crippen molar-refractivity contribution in [2.45, 2.75) is 70.4 Å². The van der Waals surface area contributed by atoms with Gasteiger partial charge in [0, 0.05) is 13.2 Å². The number of methoxy groups -OCH3 is 1. The van der Waals surface area contributed by atoms with E-state index in [0.717, 1.165) is 24.8 Å². The Morgan fingerprint density at radius 1 is 1.40 bits per heavy atom. The summed E-state index contributed by atoms with van der Waals surface area (Å²) in [6, 6.07) is -0.111. The van der Waals surface area contributed by atoms with Crippen LogP contribution in [-0.4, -0.2) is 59.8 Å². The van der Waals surface area contributed by atoms with Crippen molar-refractivity contribution in [3.63, 3.8) is 0 Å². The van der Waals surface area contributed by atoms with E-state index in [1.807, 2.05) is 37.0 Å². The maximum Gasteiger partial charge on any atom is 0.223 e. The first-order chi connectivity index (χ1) is 12.0. The molecule has 1 saturated heterocycles. The number of carbonyl (C=O) groups excluding carboxylic acids is 2. The quantitative estimate of drug-likeness (QED) is 0.487. The van der Waals surface area contributed by atoms with Gasteiger partial charge in [-0.05, 0) is 45.1 Å². The average Bonchev–Trinajstić information content (AvgIpc) is 3.27. The Bertz CT molecular complexity index is 546. The molecule has 0 spiro atoms. The van der Waals surface area contributed by atoms with Gasteiger partial charge >= 0.3 is 0 Å². The summed E-state index contributed by atoms with van der Waals surface area (Å²) in [7, 11) is 1.58. The zero-order valence-corrected chi connectivity index (χ0v) is 15.5. The van der Waals surface area contributed by atoms with Gasteiger partial charge in [0.2, 0.25) is 12.3 Å². The number of hydrogen-bond acceptors (Lipinski definition) is 4. The Labute approximate surface area is 149 Å². The second kappa shape index (κ2) is 8.63. The van der Waals surface area contributed by atoms with Gasteiger partial charge in [-0.3, -0.25) is 9.59 Å². The van der Waals surface area contributed by atoms with E-state index in [4.69, 9.17) is 4.74 Å². The number of aliphatic hydroxyl groups excluding tert-OH is 1. The predicted octanol–water partition coefficient (Wildman–Crippen LogP) is 1.40. The summed E-state index contributed by atoms with van der Waals surface area (Å²) >= 11 is 0. The number of ether oxygens (including phenoxy) is 1. The van der Waals surface area contributed by atoms with Gasteiger partial charge in [-0.25, -0.2) is 0 Å². The van der Waals surface area contributed by atoms with Crippen LogP contribution in [0.4, 0.5) is 0 Å². The van der Waals surface area contributed by atoms with Crippen LogP contribution in [0.1, 0.15) is 40.0 Å². The van der Waals surface area contributed by atoms with Crippen LogP contribution in [0.15, 0.2) is 23.8 Å². The molecule has 2 amide bonds. The molecule has 0 aromatic carbocycles. The fraction of sp³-hybridized carbons (Fsp3) is 0.684. The van der Waals surface area contributed by atoms with Crippen LogP contribution in [0.25, 0.3) is 0 Å². The molecule has 1 saturated carbocycles. The average molecular weight is 350 g/mol. The van der Waals surface area contributed by atoms with E-state index in [-0.39, 0.29) is 24.5 Å². The lowest BCUT2D eigenvalue weighted by atomic mass is 10.0. The second-order valence-electron chi connectivity index (χ2n) is 6.99. The zero-order chi connectivity index (χ0) is 18.6. The molecule has 140 valence electrons. The van der Waals surface area contributed by atoms with E-state index < -0.39 is 12.1 Å². The molecule has 6 atom stereocenters. The number of rotatable bonds is 9. The van der Waals surface area contributed by atoms with Gasteiger partial charge in [0.1, 0.15) is 0 Å². The van der Waals surface area contributed by atoms with Crippen LogP contribution < -0.4 is 5.32 Å². The Hall–Kier alpha value is -1.66. The first-order valence-corrected chi connectivity index (χ1v) is 8.98. The maximum atomic E-state index is 12.4. The lowest BCUT2D eigenvalue weighted by Gasteiger charge is -2.30. The number of likely N-dealkylation sites (tertiary alicyclic amines) is 1. The summed E-state index contributed by atoms with van der Waals surface area (Å²) in [5.41, 5.74) is 0.765. The number of amides is 2. The molecule has 1 aliphatic heterocycles. The number of piperidine rings is 1. The van der Waals surface area contributed by atoms with E-state index in [1.165, 1.54) is 0 Å². The van der Waals surface area contributed by atoms with E-state index in [0.29, 0.717) is 12.0 Å². The second-order valence-corrected chi connectivity index (χ2v) is 6.99. The fourth-order valence-corrected chi connectivity index (χ4v) is 3.83. The Kier molecular flexibility index (Phi) is 6.79. The summed E-state index contributed by atoms with van der Waals surface area (Å²) < 4.78 is 5.51. The molecule has 5 unspecified atom stereocenters. The number of allylic oxidation sites excluding steroid dienone is 2. The lowest BCUT2D eigenvalue weighted by Crippen LogP contribution is -2.47. The van der Waals surface area contributed by atoms with Gasteiger partial charge in [-0.2, -0.15) is 0 Å². The van der Waals surface area contributed by atoms with Gasteiger partial charge in [-0.15, -0.1) is 0 Å². The van der Waals surface area contributed by atoms with Crippen molar-refractivity contribution < 1.29 is 19.4 Å². The first-order valence-electron chi connectivity index (χ1n) is 8.98. The van der Waals surface area contributed by atoms with Crippen LogP contribution in [0.2, 0.25) is 0 Å². The van der Waals surface area contributed by atoms with Crippen molar-refractivity contribution in [3.05, 3.63) is 23.8 Å². The summed E-state index contributed by atoms with van der Waals surface area (Å²) in [4.78, 5) is 25.5. The van der Waals surface area contributed by atoms with E-state index in [9.17, 15) is 14.7 Å². The third-order valence-corrected chi connectivity index (χ3v) is 5.33. The smallest absolute Gasteiger partial charge is 0.223 e. The van der Waals surface area contributed by atoms with Gasteiger partial charge in [-0.1, -0.05) is 18.2 Å². The molecule has 1 aliphatic carbocycles. The third-order valence-electron chi connectivity index (χ3n) is 5.33. The largest absolute Gasteiger partial charge is 0.386 e. The molecule has 1 heterocycles. The molecule has 2 rings (SSSR count). The van der Waals surface area contributed by atoms with Crippen LogP contribution >= 0.6 is 0 Å². The molecule has 0 aromatic rings. The van der Waals surface area contributed by atoms with Crippen LogP contribution in [-0.2, 0) is 14.3 Å². The highest BCUT2D eigenvalue weighted by Gasteiger charge is 2.53. The highest BCUT2D eigenvalue weighted by molar-refractivity contribution is 5.77. The van der Waals surface area contributed by atoms with E-state index >= 15 is 0 Å². The van der Waals surface area contributed by atoms with Gasteiger partial charge in [0.25, 0.3) is 0 Å². The molecule has 0 bridgehead atoms. The number of fused-ring (bicyclic) bond motifs is 1. The van der Waals surface area contributed by atoms with Crippen LogP contribution in [0.5, 0.6) is 0 Å². The highest BCUT2D eigenvalue weighted by Crippen LogP contribution is 2.48. The van der Waals surface area contributed by atoms with Crippen molar-refractivity contribution in [2.24, 2.45) is 5.92 Å². The summed E-state index contributed by atoms with van der Waals surface area (Å²) in [5.74, 6) is 0.385. The number of nitrogens with one attached hydrogen (secondary N) is 1. The Morgan fingerprint density at radius 3 is 2.68 bits per heavy atom. The Balaban J connectivity index is 1.90. The first kappa shape index (κ1) is 19.7. The standard InChI is InChI=1S/C19H30N2O4/c1-5-7-13(6-2)19(24)12(3)20-18(23)10-17(25-4)16-9-14-8-15(14)21(16)11-22/h5-7,11-12,14-17,19,24H,8-10H2,1-4H3,(H,20,23)/b7-5-,13-6+/t12-,14?,15?,16?,17?,19?/m1/s1. The molecule has 25 heavy (non-hydrogen) atoms. The maximum absolute atomic E-state index is 12.4. The van der Waals surface area contributed by atoms with Crippen molar-refractivity contribution in [3.8, 4) is 0 Å². The van der Waals surface area contributed by atoms with Gasteiger partial charge < -0.3 is 20.1 Å². The SMILES string of the molecule is C/C=C\C(=C/C)C(O)[C@@H](C)NC(=O)CC(OC)C1CC2CC2N1C=O. The van der Waals surface area contributed by atoms with Crippen LogP contribution in [0.3, 0.4) is 0 Å². The van der Waals surface area contributed by atoms with Gasteiger partial charge in [0.15, 0.2) is 0 Å². The minimum absolute atomic E-state index is 0.0358. The molecule has 2 aliphatic rings. The predicted molar refractivity (Wildman–Crippen MR) is 95.8 cm³/mol. The molecule has 6 heteroatoms. The summed E-state index contributed by atoms with van der Waals surface area (Å²) in [6.07, 6.45) is 7.46. The summed E-state index contributed by atoms with van der Waals surface area (Å²) in [6.45, 7) is 5.51. The third kappa shape index (κ3) is 4.50. The zero-order valence-electron chi connectivity index (χ0n) is 15.5. The molecular weight excluding hydrogens is 320 g/mol. The molecule has 2 N–H and O–H groups in total. The van der Waals surface area contributed by atoms with Crippen molar-refractivity contribution in [1.82, 2.24) is 10.2 Å². The van der Waals surface area contributed by atoms with Crippen molar-refractivity contribution in [2.75, 3.05) is 7.11 Å². The monoisotopic (exact) mass is 350 g/mol. The molecule has 0 radical (unpaired) electrons. The number of aliphatic hydroxyl groups is 1. The topological polar surface area (TPSA) is 78.9 Å². The molecular formula is C19H30N2O4.